The molecule has 0 atom stereocenters. The van der Waals surface area contributed by atoms with Crippen LogP contribution in [0.4, 0.5) is 19.4 Å². The summed E-state index contributed by atoms with van der Waals surface area (Å²) in [7, 11) is 0. The average molecular weight is 523 g/mol. The summed E-state index contributed by atoms with van der Waals surface area (Å²) in [6, 6.07) is 4.46. The lowest BCUT2D eigenvalue weighted by molar-refractivity contribution is 0.0549. The number of halogens is 3. The highest BCUT2D eigenvalue weighted by atomic mass is 79.9. The zero-order valence-electron chi connectivity index (χ0n) is 19.4. The van der Waals surface area contributed by atoms with Crippen molar-refractivity contribution in [2.75, 3.05) is 4.90 Å². The van der Waals surface area contributed by atoms with Gasteiger partial charge < -0.3 is 4.74 Å². The maximum Gasteiger partial charge on any atom is 0.416 e. The SMILES string of the molecule is Cc1ccc(-n2nnnc2-c2cc(Br)cnc2N(C(=O)OC(C)(C)C)C(C)(C)C)c(F)c1F. The summed E-state index contributed by atoms with van der Waals surface area (Å²) >= 11 is 3.37. The van der Waals surface area contributed by atoms with Gasteiger partial charge in [-0.05, 0) is 92.5 Å². The number of aryl methyl sites for hydroxylation is 1. The van der Waals surface area contributed by atoms with E-state index in [0.29, 0.717) is 10.0 Å². The van der Waals surface area contributed by atoms with Crippen LogP contribution in [0.25, 0.3) is 17.1 Å². The number of anilines is 1. The third-order valence-electron chi connectivity index (χ3n) is 4.49. The van der Waals surface area contributed by atoms with Crippen LogP contribution in [-0.2, 0) is 4.74 Å². The Morgan fingerprint density at radius 3 is 2.39 bits per heavy atom. The van der Waals surface area contributed by atoms with Gasteiger partial charge in [0.25, 0.3) is 0 Å². The van der Waals surface area contributed by atoms with Crippen molar-refractivity contribution < 1.29 is 18.3 Å². The first kappa shape index (κ1) is 24.7. The van der Waals surface area contributed by atoms with Gasteiger partial charge in [-0.15, -0.1) is 5.10 Å². The monoisotopic (exact) mass is 522 g/mol. The molecule has 0 radical (unpaired) electrons. The van der Waals surface area contributed by atoms with Crippen LogP contribution in [0.1, 0.15) is 47.1 Å². The number of benzene rings is 1. The summed E-state index contributed by atoms with van der Waals surface area (Å²) in [6.45, 7) is 12.2. The average Bonchev–Trinajstić information content (AvgIpc) is 3.14. The van der Waals surface area contributed by atoms with Crippen LogP contribution in [0.5, 0.6) is 0 Å². The molecular formula is C22H25BrF2N6O2. The van der Waals surface area contributed by atoms with Crippen LogP contribution >= 0.6 is 15.9 Å². The van der Waals surface area contributed by atoms with Crippen LogP contribution < -0.4 is 4.90 Å². The van der Waals surface area contributed by atoms with Gasteiger partial charge in [-0.3, -0.25) is 4.90 Å². The fraction of sp³-hybridized carbons (Fsp3) is 0.409. The minimum Gasteiger partial charge on any atom is -0.443 e. The van der Waals surface area contributed by atoms with Crippen molar-refractivity contribution in [2.24, 2.45) is 0 Å². The molecule has 0 aliphatic heterocycles. The number of carbonyl (C=O) groups excluding carboxylic acids is 1. The topological polar surface area (TPSA) is 86.0 Å². The predicted molar refractivity (Wildman–Crippen MR) is 123 cm³/mol. The van der Waals surface area contributed by atoms with Crippen LogP contribution in [0, 0.1) is 18.6 Å². The summed E-state index contributed by atoms with van der Waals surface area (Å²) < 4.78 is 36.3. The van der Waals surface area contributed by atoms with Gasteiger partial charge in [0.05, 0.1) is 5.56 Å². The van der Waals surface area contributed by atoms with E-state index in [1.54, 1.807) is 26.8 Å². The Morgan fingerprint density at radius 1 is 1.12 bits per heavy atom. The summed E-state index contributed by atoms with van der Waals surface area (Å²) in [6.07, 6.45) is 0.889. The Bertz CT molecular complexity index is 1200. The number of carbonyl (C=O) groups is 1. The standard InChI is InChI=1S/C22H25BrF2N6O2/c1-12-8-9-15(17(25)16(12)24)31-19(27-28-29-31)14-10-13(23)11-26-18(14)30(21(2,3)4)20(32)33-22(5,6)7/h8-11H,1-7H3. The van der Waals surface area contributed by atoms with Crippen molar-refractivity contribution in [3.05, 3.63) is 46.1 Å². The molecule has 2 aromatic heterocycles. The van der Waals surface area contributed by atoms with Crippen LogP contribution in [-0.4, -0.2) is 42.4 Å². The molecule has 3 aromatic rings. The van der Waals surface area contributed by atoms with Gasteiger partial charge in [0.2, 0.25) is 0 Å². The molecule has 0 unspecified atom stereocenters. The lowest BCUT2D eigenvalue weighted by Crippen LogP contribution is -2.49. The zero-order valence-corrected chi connectivity index (χ0v) is 21.0. The smallest absolute Gasteiger partial charge is 0.416 e. The van der Waals surface area contributed by atoms with Crippen molar-refractivity contribution in [3.8, 4) is 17.1 Å². The number of pyridine rings is 1. The Balaban J connectivity index is 2.24. The number of amides is 1. The van der Waals surface area contributed by atoms with Crippen molar-refractivity contribution in [1.82, 2.24) is 25.2 Å². The quantitative estimate of drug-likeness (QED) is 0.444. The number of hydrogen-bond acceptors (Lipinski definition) is 6. The molecule has 0 aliphatic rings. The Kier molecular flexibility index (Phi) is 6.56. The predicted octanol–water partition coefficient (Wildman–Crippen LogP) is 5.61. The normalized spacial score (nSPS) is 12.1. The second kappa shape index (κ2) is 8.77. The third kappa shape index (κ3) is 5.18. The van der Waals surface area contributed by atoms with Gasteiger partial charge in [-0.25, -0.2) is 18.6 Å². The molecule has 0 fully saturated rings. The van der Waals surface area contributed by atoms with Gasteiger partial charge in [-0.1, -0.05) is 6.07 Å². The number of hydrogen-bond donors (Lipinski definition) is 0. The Hall–Kier alpha value is -2.95. The van der Waals surface area contributed by atoms with E-state index in [0.717, 1.165) is 4.68 Å². The largest absolute Gasteiger partial charge is 0.443 e. The van der Waals surface area contributed by atoms with E-state index < -0.39 is 28.9 Å². The number of nitrogens with zero attached hydrogens (tertiary/aromatic N) is 6. The highest BCUT2D eigenvalue weighted by Gasteiger charge is 2.36. The molecule has 0 bridgehead atoms. The number of tetrazole rings is 1. The molecule has 8 nitrogen and oxygen atoms in total. The minimum absolute atomic E-state index is 0.0683. The van der Waals surface area contributed by atoms with Gasteiger partial charge >= 0.3 is 6.09 Å². The van der Waals surface area contributed by atoms with Crippen LogP contribution in [0.2, 0.25) is 0 Å². The highest BCUT2D eigenvalue weighted by molar-refractivity contribution is 9.10. The first-order chi connectivity index (χ1) is 15.2. The first-order valence-electron chi connectivity index (χ1n) is 10.1. The summed E-state index contributed by atoms with van der Waals surface area (Å²) in [5.41, 5.74) is -1.21. The van der Waals surface area contributed by atoms with E-state index in [1.807, 2.05) is 20.8 Å². The van der Waals surface area contributed by atoms with Crippen LogP contribution in [0.3, 0.4) is 0 Å². The molecule has 11 heteroatoms. The Labute approximate surface area is 199 Å². The lowest BCUT2D eigenvalue weighted by atomic mass is 10.1. The molecule has 0 spiro atoms. The second-order valence-corrected chi connectivity index (χ2v) is 10.4. The summed E-state index contributed by atoms with van der Waals surface area (Å²) in [4.78, 5) is 19.0. The molecule has 0 aliphatic carbocycles. The molecule has 2 heterocycles. The number of rotatable bonds is 3. The first-order valence-corrected chi connectivity index (χ1v) is 10.9. The number of ether oxygens (including phenoxy) is 1. The lowest BCUT2D eigenvalue weighted by Gasteiger charge is -2.36. The van der Waals surface area contributed by atoms with E-state index in [9.17, 15) is 13.6 Å². The zero-order chi connectivity index (χ0) is 24.7. The fourth-order valence-corrected chi connectivity index (χ4v) is 3.41. The molecule has 0 saturated heterocycles. The van der Waals surface area contributed by atoms with Gasteiger partial charge in [0.15, 0.2) is 17.5 Å². The molecule has 0 N–H and O–H groups in total. The fourth-order valence-electron chi connectivity index (χ4n) is 3.08. The Morgan fingerprint density at radius 2 is 1.79 bits per heavy atom. The maximum absolute atomic E-state index is 14.8. The molecule has 3 rings (SSSR count). The second-order valence-electron chi connectivity index (χ2n) is 9.46. The van der Waals surface area contributed by atoms with Crippen molar-refractivity contribution >= 4 is 27.8 Å². The van der Waals surface area contributed by atoms with E-state index in [4.69, 9.17) is 4.74 Å². The van der Waals surface area contributed by atoms with Crippen LogP contribution in [0.15, 0.2) is 28.9 Å². The molecule has 1 amide bonds. The van der Waals surface area contributed by atoms with Gasteiger partial charge in [-0.2, -0.15) is 4.68 Å². The minimum atomic E-state index is -1.09. The van der Waals surface area contributed by atoms with Crippen molar-refractivity contribution in [1.29, 1.82) is 0 Å². The molecule has 1 aromatic carbocycles. The van der Waals surface area contributed by atoms with Crippen molar-refractivity contribution in [2.45, 2.75) is 59.6 Å². The molecular weight excluding hydrogens is 498 g/mol. The molecule has 33 heavy (non-hydrogen) atoms. The van der Waals surface area contributed by atoms with E-state index in [-0.39, 0.29) is 22.9 Å². The summed E-state index contributed by atoms with van der Waals surface area (Å²) in [5.74, 6) is -1.82. The summed E-state index contributed by atoms with van der Waals surface area (Å²) in [5, 5.41) is 11.6. The van der Waals surface area contributed by atoms with Crippen molar-refractivity contribution in [3.63, 3.8) is 0 Å². The number of aromatic nitrogens is 5. The van der Waals surface area contributed by atoms with E-state index in [1.165, 1.54) is 30.2 Å². The van der Waals surface area contributed by atoms with E-state index in [2.05, 4.69) is 36.4 Å². The van der Waals surface area contributed by atoms with Gasteiger partial charge in [0, 0.05) is 16.2 Å². The third-order valence-corrected chi connectivity index (χ3v) is 4.92. The molecule has 176 valence electrons. The maximum atomic E-state index is 14.8. The van der Waals surface area contributed by atoms with E-state index >= 15 is 0 Å². The van der Waals surface area contributed by atoms with Gasteiger partial charge in [0.1, 0.15) is 17.1 Å². The molecule has 0 saturated carbocycles. The highest BCUT2D eigenvalue weighted by Crippen LogP contribution is 2.36.